The minimum atomic E-state index is -0.504. The van der Waals surface area contributed by atoms with Crippen molar-refractivity contribution in [2.75, 3.05) is 19.7 Å². The van der Waals surface area contributed by atoms with E-state index in [1.165, 1.54) is 0 Å². The second-order valence-electron chi connectivity index (χ2n) is 8.39. The summed E-state index contributed by atoms with van der Waals surface area (Å²) in [5.41, 5.74) is 3.09. The summed E-state index contributed by atoms with van der Waals surface area (Å²) >= 11 is 0. The Morgan fingerprint density at radius 1 is 1.12 bits per heavy atom. The molecular formula is C26H27N3O5. The Kier molecular flexibility index (Phi) is 6.77. The van der Waals surface area contributed by atoms with E-state index in [1.807, 2.05) is 6.07 Å². The van der Waals surface area contributed by atoms with Gasteiger partial charge in [0.15, 0.2) is 0 Å². The number of amides is 1. The number of esters is 1. The lowest BCUT2D eigenvalue weighted by Gasteiger charge is -2.31. The zero-order chi connectivity index (χ0) is 24.2. The number of carbonyl (C=O) groups is 2. The third-order valence-electron chi connectivity index (χ3n) is 6.06. The van der Waals surface area contributed by atoms with Crippen LogP contribution in [0.5, 0.6) is 5.75 Å². The summed E-state index contributed by atoms with van der Waals surface area (Å²) in [6, 6.07) is 13.9. The molecule has 0 aliphatic carbocycles. The van der Waals surface area contributed by atoms with Crippen LogP contribution in [0.4, 0.5) is 0 Å². The Morgan fingerprint density at radius 2 is 1.88 bits per heavy atom. The van der Waals surface area contributed by atoms with Crippen molar-refractivity contribution in [2.24, 2.45) is 5.92 Å². The minimum Gasteiger partial charge on any atom is -0.508 e. The van der Waals surface area contributed by atoms with E-state index in [0.29, 0.717) is 66.2 Å². The summed E-state index contributed by atoms with van der Waals surface area (Å²) in [6.07, 6.45) is 1.16. The van der Waals surface area contributed by atoms with Crippen molar-refractivity contribution in [2.45, 2.75) is 26.7 Å². The molecule has 0 radical (unpaired) electrons. The summed E-state index contributed by atoms with van der Waals surface area (Å²) in [7, 11) is 0. The molecule has 0 spiro atoms. The van der Waals surface area contributed by atoms with Crippen molar-refractivity contribution in [1.29, 1.82) is 0 Å². The summed E-state index contributed by atoms with van der Waals surface area (Å²) in [6.45, 7) is 4.90. The van der Waals surface area contributed by atoms with Crippen molar-refractivity contribution in [1.82, 2.24) is 14.9 Å². The summed E-state index contributed by atoms with van der Waals surface area (Å²) in [5.74, 6) is -0.307. The van der Waals surface area contributed by atoms with Crippen LogP contribution in [0.25, 0.3) is 22.5 Å². The fourth-order valence-corrected chi connectivity index (χ4v) is 4.16. The van der Waals surface area contributed by atoms with Gasteiger partial charge in [-0.15, -0.1) is 0 Å². The van der Waals surface area contributed by atoms with Crippen LogP contribution in [0.15, 0.2) is 53.3 Å². The number of hydrogen-bond acceptors (Lipinski definition) is 6. The Bertz CT molecular complexity index is 1280. The number of phenols is 1. The molecule has 1 aromatic heterocycles. The largest absolute Gasteiger partial charge is 0.508 e. The number of carbonyl (C=O) groups excluding carboxylic acids is 2. The standard InChI is InChI=1S/C26H27N3O5/c1-3-34-25(32)17-9-11-29(12-10-17)24(31)20-6-4-5-18(14-20)21-15-22(28-26(33)27-21)19-7-8-23(30)16(2)13-19/h4-8,13-15,17,30H,3,9-12H2,1-2H3,(H,27,28,33). The number of aromatic amines is 1. The molecule has 2 N–H and O–H groups in total. The van der Waals surface area contributed by atoms with Gasteiger partial charge in [0.1, 0.15) is 5.75 Å². The Balaban J connectivity index is 1.55. The Hall–Kier alpha value is -3.94. The van der Waals surface area contributed by atoms with Gasteiger partial charge in [-0.1, -0.05) is 12.1 Å². The lowest BCUT2D eigenvalue weighted by Crippen LogP contribution is -2.40. The molecule has 0 bridgehead atoms. The number of piperidine rings is 1. The highest BCUT2D eigenvalue weighted by Gasteiger charge is 2.28. The molecule has 1 fully saturated rings. The first-order valence-corrected chi connectivity index (χ1v) is 11.3. The lowest BCUT2D eigenvalue weighted by atomic mass is 9.96. The van der Waals surface area contributed by atoms with E-state index in [-0.39, 0.29) is 23.5 Å². The Labute approximate surface area is 197 Å². The summed E-state index contributed by atoms with van der Waals surface area (Å²) in [5, 5.41) is 9.79. The van der Waals surface area contributed by atoms with Gasteiger partial charge in [-0.3, -0.25) is 9.59 Å². The quantitative estimate of drug-likeness (QED) is 0.562. The van der Waals surface area contributed by atoms with Crippen LogP contribution in [0.2, 0.25) is 0 Å². The average molecular weight is 462 g/mol. The maximum absolute atomic E-state index is 13.1. The van der Waals surface area contributed by atoms with Gasteiger partial charge in [-0.05, 0) is 74.2 Å². The number of ether oxygens (including phenoxy) is 1. The van der Waals surface area contributed by atoms with E-state index in [2.05, 4.69) is 9.97 Å². The van der Waals surface area contributed by atoms with Crippen LogP contribution >= 0.6 is 0 Å². The smallest absolute Gasteiger partial charge is 0.345 e. The predicted molar refractivity (Wildman–Crippen MR) is 127 cm³/mol. The van der Waals surface area contributed by atoms with Gasteiger partial charge >= 0.3 is 11.7 Å². The first kappa shape index (κ1) is 23.2. The van der Waals surface area contributed by atoms with Crippen LogP contribution in [0, 0.1) is 12.8 Å². The summed E-state index contributed by atoms with van der Waals surface area (Å²) in [4.78, 5) is 45.9. The minimum absolute atomic E-state index is 0.116. The van der Waals surface area contributed by atoms with E-state index in [9.17, 15) is 19.5 Å². The number of likely N-dealkylation sites (tertiary alicyclic amines) is 1. The molecule has 0 atom stereocenters. The molecule has 8 nitrogen and oxygen atoms in total. The molecule has 8 heteroatoms. The van der Waals surface area contributed by atoms with Gasteiger partial charge in [-0.2, -0.15) is 4.98 Å². The number of rotatable bonds is 5. The van der Waals surface area contributed by atoms with Gasteiger partial charge in [0.25, 0.3) is 5.91 Å². The van der Waals surface area contributed by atoms with Gasteiger partial charge < -0.3 is 19.7 Å². The number of nitrogens with zero attached hydrogens (tertiary/aromatic N) is 2. The van der Waals surface area contributed by atoms with Crippen LogP contribution in [-0.4, -0.2) is 51.5 Å². The van der Waals surface area contributed by atoms with Crippen LogP contribution in [-0.2, 0) is 9.53 Å². The van der Waals surface area contributed by atoms with Gasteiger partial charge in [0.2, 0.25) is 0 Å². The number of hydrogen-bond donors (Lipinski definition) is 2. The fourth-order valence-electron chi connectivity index (χ4n) is 4.16. The molecular weight excluding hydrogens is 434 g/mol. The van der Waals surface area contributed by atoms with Crippen LogP contribution in [0.3, 0.4) is 0 Å². The predicted octanol–water partition coefficient (Wildman–Crippen LogP) is 3.53. The van der Waals surface area contributed by atoms with Gasteiger partial charge in [0, 0.05) is 24.2 Å². The van der Waals surface area contributed by atoms with E-state index < -0.39 is 5.69 Å². The van der Waals surface area contributed by atoms with E-state index >= 15 is 0 Å². The Morgan fingerprint density at radius 3 is 2.59 bits per heavy atom. The first-order chi connectivity index (χ1) is 16.4. The maximum atomic E-state index is 13.1. The third kappa shape index (κ3) is 5.01. The maximum Gasteiger partial charge on any atom is 0.345 e. The molecule has 34 heavy (non-hydrogen) atoms. The van der Waals surface area contributed by atoms with Gasteiger partial charge in [-0.25, -0.2) is 4.79 Å². The SMILES string of the molecule is CCOC(=O)C1CCN(C(=O)c2cccc(-c3cc(-c4ccc(O)c(C)c4)nc(=O)[nH]3)c2)CC1. The molecule has 3 aromatic rings. The average Bonchev–Trinajstić information content (AvgIpc) is 2.85. The molecule has 0 unspecified atom stereocenters. The molecule has 4 rings (SSSR count). The van der Waals surface area contributed by atoms with Crippen molar-refractivity contribution >= 4 is 11.9 Å². The second-order valence-corrected chi connectivity index (χ2v) is 8.39. The fraction of sp³-hybridized carbons (Fsp3) is 0.308. The van der Waals surface area contributed by atoms with Crippen molar-refractivity contribution in [3.05, 3.63) is 70.1 Å². The highest BCUT2D eigenvalue weighted by Crippen LogP contribution is 2.27. The number of benzene rings is 2. The van der Waals surface area contributed by atoms with E-state index in [4.69, 9.17) is 4.74 Å². The zero-order valence-electron chi connectivity index (χ0n) is 19.2. The molecule has 1 amide bonds. The molecule has 1 aliphatic heterocycles. The number of nitrogens with one attached hydrogen (secondary N) is 1. The van der Waals surface area contributed by atoms with Gasteiger partial charge in [0.05, 0.1) is 23.9 Å². The molecule has 0 saturated carbocycles. The number of phenolic OH excluding ortho intramolecular Hbond substituents is 1. The normalized spacial score (nSPS) is 14.1. The summed E-state index contributed by atoms with van der Waals surface area (Å²) < 4.78 is 5.10. The highest BCUT2D eigenvalue weighted by molar-refractivity contribution is 5.95. The third-order valence-corrected chi connectivity index (χ3v) is 6.06. The topological polar surface area (TPSA) is 113 Å². The highest BCUT2D eigenvalue weighted by atomic mass is 16.5. The van der Waals surface area contributed by atoms with Crippen molar-refractivity contribution < 1.29 is 19.4 Å². The van der Waals surface area contributed by atoms with E-state index in [0.717, 1.165) is 0 Å². The molecule has 176 valence electrons. The molecule has 1 saturated heterocycles. The van der Waals surface area contributed by atoms with Crippen LogP contribution < -0.4 is 5.69 Å². The molecule has 2 heterocycles. The number of aromatic nitrogens is 2. The van der Waals surface area contributed by atoms with E-state index in [1.54, 1.807) is 61.2 Å². The first-order valence-electron chi connectivity index (χ1n) is 11.3. The van der Waals surface area contributed by atoms with Crippen molar-refractivity contribution in [3.8, 4) is 28.3 Å². The molecule has 2 aromatic carbocycles. The number of aromatic hydroxyl groups is 1. The number of aryl methyl sites for hydroxylation is 1. The number of H-pyrrole nitrogens is 1. The van der Waals surface area contributed by atoms with Crippen molar-refractivity contribution in [3.63, 3.8) is 0 Å². The monoisotopic (exact) mass is 461 g/mol. The second kappa shape index (κ2) is 9.91. The zero-order valence-corrected chi connectivity index (χ0v) is 19.2. The lowest BCUT2D eigenvalue weighted by molar-refractivity contribution is -0.149. The van der Waals surface area contributed by atoms with Crippen LogP contribution in [0.1, 0.15) is 35.7 Å². The molecule has 1 aliphatic rings.